The molecule has 1 amide bonds. The third-order valence-electron chi connectivity index (χ3n) is 9.42. The Morgan fingerprint density at radius 3 is 2.72 bits per heavy atom. The highest BCUT2D eigenvalue weighted by molar-refractivity contribution is 6.10. The van der Waals surface area contributed by atoms with Crippen LogP contribution in [0, 0.1) is 5.92 Å². The van der Waals surface area contributed by atoms with Gasteiger partial charge in [0.05, 0.1) is 25.5 Å². The van der Waals surface area contributed by atoms with Crippen LogP contribution >= 0.6 is 0 Å². The number of amides is 1. The maximum atomic E-state index is 14.0. The number of hydrogen-bond acceptors (Lipinski definition) is 6. The minimum absolute atomic E-state index is 0.0964. The first-order valence-electron chi connectivity index (χ1n) is 14.5. The topological polar surface area (TPSA) is 76.4 Å². The lowest BCUT2D eigenvalue weighted by Gasteiger charge is -2.42. The number of pyridine rings is 1. The molecule has 3 aliphatic heterocycles. The maximum Gasteiger partial charge on any atom is 0.259 e. The van der Waals surface area contributed by atoms with Crippen LogP contribution in [0.1, 0.15) is 90.2 Å². The van der Waals surface area contributed by atoms with E-state index in [1.807, 2.05) is 16.5 Å². The molecule has 2 aromatic heterocycles. The van der Waals surface area contributed by atoms with Crippen LogP contribution in [0.5, 0.6) is 0 Å². The van der Waals surface area contributed by atoms with Crippen LogP contribution < -0.4 is 4.90 Å². The Morgan fingerprint density at radius 1 is 1.18 bits per heavy atom. The predicted octanol–water partition coefficient (Wildman–Crippen LogP) is 4.55. The fourth-order valence-electron chi connectivity index (χ4n) is 6.72. The SMILES string of the molecule is CC1CCCN([C@@H](C)c2cc3c(c(C4CC4)n2)CN(c2cccc(C4(Cc5nncn5C)COC4)c2)C3=O)C1. The summed E-state index contributed by atoms with van der Waals surface area (Å²) in [5.41, 5.74) is 6.19. The summed E-state index contributed by atoms with van der Waals surface area (Å²) in [6.07, 6.45) is 7.38. The number of fused-ring (bicyclic) bond motifs is 1. The number of aryl methyl sites for hydroxylation is 1. The van der Waals surface area contributed by atoms with Crippen molar-refractivity contribution in [3.8, 4) is 0 Å². The Labute approximate surface area is 230 Å². The van der Waals surface area contributed by atoms with E-state index in [9.17, 15) is 4.79 Å². The molecule has 5 heterocycles. The molecule has 8 heteroatoms. The molecular weight excluding hydrogens is 488 g/mol. The molecule has 1 aromatic carbocycles. The first-order valence-corrected chi connectivity index (χ1v) is 14.5. The zero-order chi connectivity index (χ0) is 26.7. The number of anilines is 1. The molecule has 1 saturated carbocycles. The molecule has 2 saturated heterocycles. The molecule has 7 rings (SSSR count). The van der Waals surface area contributed by atoms with E-state index in [-0.39, 0.29) is 17.4 Å². The minimum atomic E-state index is -0.151. The summed E-state index contributed by atoms with van der Waals surface area (Å²) in [4.78, 5) is 23.7. The van der Waals surface area contributed by atoms with Gasteiger partial charge in [0.15, 0.2) is 0 Å². The van der Waals surface area contributed by atoms with Crippen molar-refractivity contribution < 1.29 is 9.53 Å². The number of likely N-dealkylation sites (tertiary alicyclic amines) is 1. The van der Waals surface area contributed by atoms with E-state index < -0.39 is 0 Å². The molecule has 0 radical (unpaired) electrons. The fraction of sp³-hybridized carbons (Fsp3) is 0.548. The van der Waals surface area contributed by atoms with Crippen molar-refractivity contribution >= 4 is 11.6 Å². The Kier molecular flexibility index (Phi) is 6.08. The monoisotopic (exact) mass is 526 g/mol. The van der Waals surface area contributed by atoms with Crippen molar-refractivity contribution in [3.05, 3.63) is 70.6 Å². The molecule has 1 aliphatic carbocycles. The van der Waals surface area contributed by atoms with Crippen LogP contribution in [-0.2, 0) is 30.2 Å². The second-order valence-corrected chi connectivity index (χ2v) is 12.4. The standard InChI is InChI=1S/C31H38N6O2/c1-20-6-5-11-36(15-20)21(2)27-13-25-26(29(33-27)22-9-10-22)16-37(30(25)38)24-8-4-7-23(12-24)31(17-39-18-31)14-28-34-32-19-35(28)3/h4,7-8,12-13,19-22H,5-6,9-11,14-18H2,1-3H3/t20?,21-/m0/s1. The van der Waals surface area contributed by atoms with E-state index >= 15 is 0 Å². The third-order valence-corrected chi connectivity index (χ3v) is 9.42. The third kappa shape index (κ3) is 4.38. The summed E-state index contributed by atoms with van der Waals surface area (Å²) in [7, 11) is 1.98. The average Bonchev–Trinajstić information content (AvgIpc) is 3.61. The number of benzene rings is 1. The summed E-state index contributed by atoms with van der Waals surface area (Å²) < 4.78 is 7.68. The molecule has 2 atom stereocenters. The van der Waals surface area contributed by atoms with Crippen LogP contribution in [0.3, 0.4) is 0 Å². The first-order chi connectivity index (χ1) is 18.9. The van der Waals surface area contributed by atoms with E-state index in [4.69, 9.17) is 9.72 Å². The quantitative estimate of drug-likeness (QED) is 0.450. The second kappa shape index (κ2) is 9.52. The summed E-state index contributed by atoms with van der Waals surface area (Å²) in [6, 6.07) is 10.8. The first kappa shape index (κ1) is 24.9. The van der Waals surface area contributed by atoms with E-state index in [0.29, 0.717) is 31.6 Å². The van der Waals surface area contributed by atoms with Crippen LogP contribution in [0.2, 0.25) is 0 Å². The van der Waals surface area contributed by atoms with Gasteiger partial charge in [-0.3, -0.25) is 14.7 Å². The van der Waals surface area contributed by atoms with Gasteiger partial charge in [0.2, 0.25) is 0 Å². The molecule has 0 N–H and O–H groups in total. The van der Waals surface area contributed by atoms with Gasteiger partial charge in [0.1, 0.15) is 12.2 Å². The van der Waals surface area contributed by atoms with Gasteiger partial charge in [0, 0.05) is 59.9 Å². The maximum absolute atomic E-state index is 14.0. The second-order valence-electron chi connectivity index (χ2n) is 12.4. The summed E-state index contributed by atoms with van der Waals surface area (Å²) in [5.74, 6) is 2.24. The number of nitrogens with zero attached hydrogens (tertiary/aromatic N) is 6. The van der Waals surface area contributed by atoms with Crippen LogP contribution in [-0.4, -0.2) is 56.9 Å². The number of carbonyl (C=O) groups excluding carboxylic acids is 1. The fourth-order valence-corrected chi connectivity index (χ4v) is 6.72. The zero-order valence-electron chi connectivity index (χ0n) is 23.3. The van der Waals surface area contributed by atoms with Gasteiger partial charge < -0.3 is 14.2 Å². The van der Waals surface area contributed by atoms with Gasteiger partial charge in [-0.2, -0.15) is 0 Å². The number of hydrogen-bond donors (Lipinski definition) is 0. The lowest BCUT2D eigenvalue weighted by Crippen LogP contribution is -2.49. The van der Waals surface area contributed by atoms with Crippen molar-refractivity contribution in [1.29, 1.82) is 0 Å². The summed E-state index contributed by atoms with van der Waals surface area (Å²) >= 11 is 0. The number of rotatable bonds is 7. The van der Waals surface area contributed by atoms with E-state index in [0.717, 1.165) is 53.5 Å². The summed E-state index contributed by atoms with van der Waals surface area (Å²) in [6.45, 7) is 8.70. The van der Waals surface area contributed by atoms with Gasteiger partial charge in [0.25, 0.3) is 5.91 Å². The van der Waals surface area contributed by atoms with Crippen LogP contribution in [0.25, 0.3) is 0 Å². The summed E-state index contributed by atoms with van der Waals surface area (Å²) in [5, 5.41) is 8.38. The van der Waals surface area contributed by atoms with Crippen LogP contribution in [0.15, 0.2) is 36.7 Å². The Morgan fingerprint density at radius 2 is 2.03 bits per heavy atom. The molecule has 3 aromatic rings. The highest BCUT2D eigenvalue weighted by Gasteiger charge is 2.43. The highest BCUT2D eigenvalue weighted by atomic mass is 16.5. The van der Waals surface area contributed by atoms with E-state index in [1.54, 1.807) is 6.33 Å². The van der Waals surface area contributed by atoms with Crippen molar-refractivity contribution in [2.45, 2.75) is 69.9 Å². The van der Waals surface area contributed by atoms with Crippen molar-refractivity contribution in [1.82, 2.24) is 24.6 Å². The highest BCUT2D eigenvalue weighted by Crippen LogP contribution is 2.45. The van der Waals surface area contributed by atoms with Gasteiger partial charge in [-0.1, -0.05) is 19.1 Å². The zero-order valence-corrected chi connectivity index (χ0v) is 23.3. The van der Waals surface area contributed by atoms with Crippen molar-refractivity contribution in [3.63, 3.8) is 0 Å². The van der Waals surface area contributed by atoms with Gasteiger partial charge in [-0.05, 0) is 68.8 Å². The average molecular weight is 527 g/mol. The molecule has 4 aliphatic rings. The Balaban J connectivity index is 1.19. The number of ether oxygens (including phenoxy) is 1. The lowest BCUT2D eigenvalue weighted by atomic mass is 9.75. The number of carbonyl (C=O) groups is 1. The minimum Gasteiger partial charge on any atom is -0.379 e. The molecule has 3 fully saturated rings. The van der Waals surface area contributed by atoms with Crippen molar-refractivity contribution in [2.75, 3.05) is 31.2 Å². The largest absolute Gasteiger partial charge is 0.379 e. The van der Waals surface area contributed by atoms with E-state index in [2.05, 4.69) is 59.3 Å². The lowest BCUT2D eigenvalue weighted by molar-refractivity contribution is -0.0611. The predicted molar refractivity (Wildman–Crippen MR) is 149 cm³/mol. The smallest absolute Gasteiger partial charge is 0.259 e. The molecule has 0 spiro atoms. The number of aromatic nitrogens is 4. The van der Waals surface area contributed by atoms with E-state index in [1.165, 1.54) is 31.2 Å². The molecule has 0 bridgehead atoms. The Hall–Kier alpha value is -3.10. The van der Waals surface area contributed by atoms with Gasteiger partial charge in [-0.15, -0.1) is 10.2 Å². The van der Waals surface area contributed by atoms with Gasteiger partial charge >= 0.3 is 0 Å². The molecule has 39 heavy (non-hydrogen) atoms. The molecule has 8 nitrogen and oxygen atoms in total. The molecule has 204 valence electrons. The molecule has 1 unspecified atom stereocenters. The molecular formula is C31H38N6O2. The van der Waals surface area contributed by atoms with Crippen molar-refractivity contribution in [2.24, 2.45) is 13.0 Å². The van der Waals surface area contributed by atoms with Gasteiger partial charge in [-0.25, -0.2) is 0 Å². The Bertz CT molecular complexity index is 1410. The number of piperidine rings is 1. The normalized spacial score (nSPS) is 23.5. The van der Waals surface area contributed by atoms with Crippen LogP contribution in [0.4, 0.5) is 5.69 Å².